The van der Waals surface area contributed by atoms with Crippen LogP contribution in [0.25, 0.3) is 10.4 Å². The Labute approximate surface area is 105 Å². The highest BCUT2D eigenvalue weighted by Gasteiger charge is 2.12. The summed E-state index contributed by atoms with van der Waals surface area (Å²) < 4.78 is 10.7. The third-order valence-corrected chi connectivity index (χ3v) is 2.45. The van der Waals surface area contributed by atoms with Crippen LogP contribution in [0.4, 0.5) is 0 Å². The van der Waals surface area contributed by atoms with Gasteiger partial charge in [0.1, 0.15) is 11.8 Å². The van der Waals surface area contributed by atoms with E-state index in [1.54, 1.807) is 18.4 Å². The molecule has 0 spiro atoms. The number of nitrogens with zero attached hydrogens (tertiary/aromatic N) is 3. The summed E-state index contributed by atoms with van der Waals surface area (Å²) in [6, 6.07) is 12.9. The van der Waals surface area contributed by atoms with Crippen LogP contribution in [0.5, 0.6) is 0 Å². The van der Waals surface area contributed by atoms with Crippen molar-refractivity contribution in [3.05, 3.63) is 70.5 Å². The second kappa shape index (κ2) is 6.49. The van der Waals surface area contributed by atoms with Gasteiger partial charge in [-0.15, -0.1) is 0 Å². The molecule has 1 heterocycles. The molecule has 2 rings (SSSR count). The van der Waals surface area contributed by atoms with Crippen molar-refractivity contribution < 1.29 is 9.15 Å². The van der Waals surface area contributed by atoms with Gasteiger partial charge in [0.05, 0.1) is 19.5 Å². The highest BCUT2D eigenvalue weighted by Crippen LogP contribution is 2.19. The predicted molar refractivity (Wildman–Crippen MR) is 66.7 cm³/mol. The van der Waals surface area contributed by atoms with Gasteiger partial charge in [0.25, 0.3) is 0 Å². The maximum atomic E-state index is 8.51. The topological polar surface area (TPSA) is 71.1 Å². The quantitative estimate of drug-likeness (QED) is 0.439. The summed E-state index contributed by atoms with van der Waals surface area (Å²) in [5.74, 6) is 0.612. The molecular formula is C13H13N3O2. The summed E-state index contributed by atoms with van der Waals surface area (Å²) in [5.41, 5.74) is 9.59. The van der Waals surface area contributed by atoms with Crippen LogP contribution in [0.3, 0.4) is 0 Å². The first-order valence-electron chi connectivity index (χ1n) is 5.59. The highest BCUT2D eigenvalue weighted by molar-refractivity contribution is 5.13. The van der Waals surface area contributed by atoms with E-state index in [0.29, 0.717) is 19.0 Å². The Bertz CT molecular complexity index is 504. The molecule has 1 aromatic heterocycles. The molecule has 0 aliphatic carbocycles. The Kier molecular flexibility index (Phi) is 4.41. The van der Waals surface area contributed by atoms with Gasteiger partial charge in [-0.05, 0) is 23.2 Å². The molecule has 0 bridgehead atoms. The van der Waals surface area contributed by atoms with Gasteiger partial charge in [-0.1, -0.05) is 35.4 Å². The predicted octanol–water partition coefficient (Wildman–Crippen LogP) is 3.85. The Balaban J connectivity index is 1.89. The summed E-state index contributed by atoms with van der Waals surface area (Å²) in [7, 11) is 0. The van der Waals surface area contributed by atoms with E-state index in [1.165, 1.54) is 0 Å². The summed E-state index contributed by atoms with van der Waals surface area (Å²) in [5, 5.41) is 3.66. The van der Waals surface area contributed by atoms with Crippen LogP contribution < -0.4 is 0 Å². The zero-order chi connectivity index (χ0) is 12.6. The fraction of sp³-hybridized carbons (Fsp3) is 0.231. The standard InChI is InChI=1S/C13H13N3O2/c14-16-15-12(13-7-4-8-18-13)10-17-9-11-5-2-1-3-6-11/h1-8,12H,9-10H2/t12-/m1/s1. The molecule has 0 aliphatic heterocycles. The van der Waals surface area contributed by atoms with Crippen LogP contribution >= 0.6 is 0 Å². The lowest BCUT2D eigenvalue weighted by Crippen LogP contribution is -2.04. The molecule has 0 radical (unpaired) electrons. The van der Waals surface area contributed by atoms with Gasteiger partial charge in [-0.25, -0.2) is 0 Å². The summed E-state index contributed by atoms with van der Waals surface area (Å²) in [4.78, 5) is 2.80. The first-order chi connectivity index (χ1) is 8.90. The van der Waals surface area contributed by atoms with E-state index in [0.717, 1.165) is 5.56 Å². The molecule has 5 heteroatoms. The van der Waals surface area contributed by atoms with Crippen molar-refractivity contribution in [2.75, 3.05) is 6.61 Å². The van der Waals surface area contributed by atoms with E-state index in [2.05, 4.69) is 10.0 Å². The van der Waals surface area contributed by atoms with Crippen molar-refractivity contribution >= 4 is 0 Å². The van der Waals surface area contributed by atoms with Crippen LogP contribution in [0.2, 0.25) is 0 Å². The van der Waals surface area contributed by atoms with Crippen molar-refractivity contribution in [1.82, 2.24) is 0 Å². The van der Waals surface area contributed by atoms with E-state index in [1.807, 2.05) is 30.3 Å². The lowest BCUT2D eigenvalue weighted by molar-refractivity contribution is 0.103. The largest absolute Gasteiger partial charge is 0.469 e. The van der Waals surface area contributed by atoms with Gasteiger partial charge in [0, 0.05) is 4.91 Å². The average molecular weight is 243 g/mol. The average Bonchev–Trinajstić information content (AvgIpc) is 2.93. The molecule has 1 aromatic carbocycles. The zero-order valence-corrected chi connectivity index (χ0v) is 9.77. The number of hydrogen-bond donors (Lipinski definition) is 0. The summed E-state index contributed by atoms with van der Waals surface area (Å²) >= 11 is 0. The minimum atomic E-state index is -0.422. The SMILES string of the molecule is [N-]=[N+]=N[C@H](COCc1ccccc1)c1ccco1. The van der Waals surface area contributed by atoms with Gasteiger partial charge in [-0.2, -0.15) is 0 Å². The molecule has 0 unspecified atom stereocenters. The normalized spacial score (nSPS) is 11.8. The first kappa shape index (κ1) is 12.2. The van der Waals surface area contributed by atoms with Crippen molar-refractivity contribution in [1.29, 1.82) is 0 Å². The molecule has 92 valence electrons. The number of benzene rings is 1. The lowest BCUT2D eigenvalue weighted by Gasteiger charge is -2.09. The molecule has 0 fully saturated rings. The Morgan fingerprint density at radius 2 is 2.06 bits per heavy atom. The number of rotatable bonds is 6. The minimum absolute atomic E-state index is 0.298. The van der Waals surface area contributed by atoms with Crippen LogP contribution in [-0.2, 0) is 11.3 Å². The lowest BCUT2D eigenvalue weighted by atomic mass is 10.2. The monoisotopic (exact) mass is 243 g/mol. The zero-order valence-electron chi connectivity index (χ0n) is 9.77. The number of azide groups is 1. The van der Waals surface area contributed by atoms with Crippen molar-refractivity contribution in [2.24, 2.45) is 5.11 Å². The second-order valence-corrected chi connectivity index (χ2v) is 3.74. The maximum absolute atomic E-state index is 8.51. The van der Waals surface area contributed by atoms with Gasteiger partial charge in [0.15, 0.2) is 0 Å². The van der Waals surface area contributed by atoms with Crippen molar-refractivity contribution in [2.45, 2.75) is 12.6 Å². The molecule has 2 aromatic rings. The molecule has 1 atom stereocenters. The van der Waals surface area contributed by atoms with Gasteiger partial charge in [-0.3, -0.25) is 0 Å². The van der Waals surface area contributed by atoms with E-state index < -0.39 is 6.04 Å². The molecule has 0 saturated carbocycles. The minimum Gasteiger partial charge on any atom is -0.469 e. The number of hydrogen-bond acceptors (Lipinski definition) is 3. The van der Waals surface area contributed by atoms with E-state index in [4.69, 9.17) is 14.7 Å². The molecule has 0 amide bonds. The number of ether oxygens (including phenoxy) is 1. The second-order valence-electron chi connectivity index (χ2n) is 3.74. The Morgan fingerprint density at radius 1 is 1.22 bits per heavy atom. The fourth-order valence-corrected chi connectivity index (χ4v) is 1.58. The third kappa shape index (κ3) is 3.38. The van der Waals surface area contributed by atoms with Gasteiger partial charge < -0.3 is 9.15 Å². The van der Waals surface area contributed by atoms with Crippen molar-refractivity contribution in [3.8, 4) is 0 Å². The molecule has 18 heavy (non-hydrogen) atoms. The summed E-state index contributed by atoms with van der Waals surface area (Å²) in [6.45, 7) is 0.783. The van der Waals surface area contributed by atoms with Crippen molar-refractivity contribution in [3.63, 3.8) is 0 Å². The van der Waals surface area contributed by atoms with E-state index in [9.17, 15) is 0 Å². The smallest absolute Gasteiger partial charge is 0.119 e. The van der Waals surface area contributed by atoms with Crippen LogP contribution in [-0.4, -0.2) is 6.61 Å². The fourth-order valence-electron chi connectivity index (χ4n) is 1.58. The molecule has 0 saturated heterocycles. The highest BCUT2D eigenvalue weighted by atomic mass is 16.5. The maximum Gasteiger partial charge on any atom is 0.119 e. The van der Waals surface area contributed by atoms with Gasteiger partial charge in [0.2, 0.25) is 0 Å². The van der Waals surface area contributed by atoms with Crippen LogP contribution in [0, 0.1) is 0 Å². The molecular weight excluding hydrogens is 230 g/mol. The van der Waals surface area contributed by atoms with E-state index >= 15 is 0 Å². The Morgan fingerprint density at radius 3 is 2.72 bits per heavy atom. The third-order valence-electron chi connectivity index (χ3n) is 2.45. The Hall–Kier alpha value is -2.23. The van der Waals surface area contributed by atoms with Crippen LogP contribution in [0.15, 0.2) is 58.3 Å². The number of furan rings is 1. The molecule has 5 nitrogen and oxygen atoms in total. The van der Waals surface area contributed by atoms with E-state index in [-0.39, 0.29) is 0 Å². The molecule has 0 N–H and O–H groups in total. The first-order valence-corrected chi connectivity index (χ1v) is 5.59. The van der Waals surface area contributed by atoms with Gasteiger partial charge >= 0.3 is 0 Å². The molecule has 0 aliphatic rings. The summed E-state index contributed by atoms with van der Waals surface area (Å²) in [6.07, 6.45) is 1.55. The van der Waals surface area contributed by atoms with Crippen LogP contribution in [0.1, 0.15) is 17.4 Å².